The van der Waals surface area contributed by atoms with Crippen molar-refractivity contribution in [2.24, 2.45) is 5.92 Å². The summed E-state index contributed by atoms with van der Waals surface area (Å²) >= 11 is 0. The van der Waals surface area contributed by atoms with E-state index in [4.69, 9.17) is 4.74 Å². The van der Waals surface area contributed by atoms with Crippen LogP contribution in [0.15, 0.2) is 79.3 Å². The predicted molar refractivity (Wildman–Crippen MR) is 209 cm³/mol. The van der Waals surface area contributed by atoms with Crippen LogP contribution in [0.3, 0.4) is 0 Å². The molecule has 2 saturated heterocycles. The zero-order valence-corrected chi connectivity index (χ0v) is 32.4. The molecular weight excluding hydrogens is 821 g/mol. The summed E-state index contributed by atoms with van der Waals surface area (Å²) in [6.07, 6.45) is -8.82. The van der Waals surface area contributed by atoms with E-state index in [-0.39, 0.29) is 60.7 Å². The van der Waals surface area contributed by atoms with Gasteiger partial charge in [-0.2, -0.15) is 59.4 Å². The number of hydrogen-bond acceptors (Lipinski definition) is 12. The quantitative estimate of drug-likeness (QED) is 0.142. The molecule has 12 nitrogen and oxygen atoms in total. The lowest BCUT2D eigenvalue weighted by atomic mass is 9.98. The van der Waals surface area contributed by atoms with Gasteiger partial charge in [-0.05, 0) is 61.7 Å². The van der Waals surface area contributed by atoms with Gasteiger partial charge < -0.3 is 25.2 Å². The zero-order chi connectivity index (χ0) is 43.4. The van der Waals surface area contributed by atoms with Crippen molar-refractivity contribution >= 4 is 45.6 Å². The van der Waals surface area contributed by atoms with Crippen LogP contribution < -0.4 is 20.4 Å². The van der Waals surface area contributed by atoms with Crippen LogP contribution in [0.1, 0.15) is 42.1 Å². The second kappa shape index (κ2) is 17.8. The minimum Gasteiger partial charge on any atom is -0.375 e. The Balaban J connectivity index is 0.000000185. The largest absolute Gasteiger partial charge is 0.433 e. The minimum absolute atomic E-state index is 0.0182. The van der Waals surface area contributed by atoms with Gasteiger partial charge in [-0.15, -0.1) is 0 Å². The van der Waals surface area contributed by atoms with Crippen LogP contribution in [0.25, 0.3) is 22.1 Å². The lowest BCUT2D eigenvalue weighted by molar-refractivity contribution is -0.176. The number of nitrogens with zero attached hydrogens (tertiary/aromatic N) is 9. The molecule has 6 aromatic rings. The van der Waals surface area contributed by atoms with E-state index in [0.717, 1.165) is 12.3 Å². The van der Waals surface area contributed by atoms with E-state index in [1.54, 1.807) is 36.5 Å². The second-order valence-corrected chi connectivity index (χ2v) is 14.3. The molecule has 7 heterocycles. The van der Waals surface area contributed by atoms with Gasteiger partial charge in [0.25, 0.3) is 0 Å². The molecule has 0 spiro atoms. The number of aromatic nitrogens is 7. The highest BCUT2D eigenvalue weighted by Crippen LogP contribution is 2.36. The first-order chi connectivity index (χ1) is 29.0. The molecule has 0 saturated carbocycles. The zero-order valence-electron chi connectivity index (χ0n) is 32.4. The summed E-state index contributed by atoms with van der Waals surface area (Å²) in [6.45, 7) is 3.59. The average molecular weight is 860 g/mol. The Morgan fingerprint density at radius 3 is 1.79 bits per heavy atom. The summed E-state index contributed by atoms with van der Waals surface area (Å²) in [4.78, 5) is 33.1. The summed E-state index contributed by atoms with van der Waals surface area (Å²) in [5.41, 5.74) is -0.899. The summed E-state index contributed by atoms with van der Waals surface area (Å²) in [7, 11) is 0. The number of alkyl halides is 9. The van der Waals surface area contributed by atoms with E-state index in [1.807, 2.05) is 11.8 Å². The Morgan fingerprint density at radius 1 is 0.639 bits per heavy atom. The molecular formula is C40H38F9N11O. The molecule has 2 unspecified atom stereocenters. The summed E-state index contributed by atoms with van der Waals surface area (Å²) in [6, 6.07) is 15.0. The van der Waals surface area contributed by atoms with Gasteiger partial charge in [0, 0.05) is 63.4 Å². The molecule has 2 aliphatic heterocycles. The fourth-order valence-electron chi connectivity index (χ4n) is 7.03. The van der Waals surface area contributed by atoms with Gasteiger partial charge in [-0.25, -0.2) is 9.97 Å². The van der Waals surface area contributed by atoms with Crippen molar-refractivity contribution in [1.29, 1.82) is 0 Å². The van der Waals surface area contributed by atoms with Crippen molar-refractivity contribution in [1.82, 2.24) is 34.9 Å². The van der Waals surface area contributed by atoms with Gasteiger partial charge in [0.1, 0.15) is 17.3 Å². The third kappa shape index (κ3) is 10.4. The molecule has 0 radical (unpaired) electrons. The van der Waals surface area contributed by atoms with Crippen molar-refractivity contribution in [3.8, 4) is 0 Å². The number of halogens is 9. The monoisotopic (exact) mass is 859 g/mol. The first-order valence-corrected chi connectivity index (χ1v) is 19.1. The molecule has 2 fully saturated rings. The number of pyridine rings is 3. The third-order valence-electron chi connectivity index (χ3n) is 9.99. The van der Waals surface area contributed by atoms with Crippen LogP contribution in [-0.4, -0.2) is 80.0 Å². The van der Waals surface area contributed by atoms with Gasteiger partial charge in [-0.1, -0.05) is 24.3 Å². The molecule has 0 bridgehead atoms. The fourth-order valence-corrected chi connectivity index (χ4v) is 7.03. The number of nitrogens with one attached hydrogen (secondary N) is 2. The SMILES string of the molecule is CC1CN(c2nc(NCc3ccccc3C(F)(F)F)c3cccnc3n2)CCO1.FC(F)(F)c1ncccc1CNc1nc(N2CCCC(C(F)(F)F)C2)nc2ncccc12. The van der Waals surface area contributed by atoms with Crippen molar-refractivity contribution in [2.75, 3.05) is 53.2 Å². The van der Waals surface area contributed by atoms with Gasteiger partial charge in [0.2, 0.25) is 11.9 Å². The van der Waals surface area contributed by atoms with Crippen LogP contribution in [0.4, 0.5) is 63.0 Å². The number of fused-ring (bicyclic) bond motifs is 2. The maximum Gasteiger partial charge on any atom is 0.433 e. The van der Waals surface area contributed by atoms with Crippen LogP contribution >= 0.6 is 0 Å². The summed E-state index contributed by atoms with van der Waals surface area (Å²) in [5, 5.41) is 7.01. The lowest BCUT2D eigenvalue weighted by Gasteiger charge is -2.33. The van der Waals surface area contributed by atoms with Crippen molar-refractivity contribution in [3.05, 3.63) is 102 Å². The average Bonchev–Trinajstić information content (AvgIpc) is 3.24. The topological polar surface area (TPSA) is 130 Å². The maximum atomic E-state index is 13.3. The van der Waals surface area contributed by atoms with Gasteiger partial charge >= 0.3 is 18.5 Å². The van der Waals surface area contributed by atoms with E-state index in [1.165, 1.54) is 35.4 Å². The molecule has 0 aliphatic carbocycles. The highest BCUT2D eigenvalue weighted by molar-refractivity contribution is 5.88. The van der Waals surface area contributed by atoms with Gasteiger partial charge in [0.15, 0.2) is 11.3 Å². The summed E-state index contributed by atoms with van der Waals surface area (Å²) in [5.74, 6) is -0.327. The van der Waals surface area contributed by atoms with E-state index in [9.17, 15) is 39.5 Å². The van der Waals surface area contributed by atoms with E-state index < -0.39 is 35.7 Å². The number of morpholine rings is 1. The first kappa shape index (κ1) is 43.0. The Bertz CT molecular complexity index is 2450. The lowest BCUT2D eigenvalue weighted by Crippen LogP contribution is -2.42. The Hall–Kier alpha value is -6.12. The van der Waals surface area contributed by atoms with Crippen LogP contribution in [-0.2, 0) is 30.2 Å². The molecule has 2 N–H and O–H groups in total. The number of benzene rings is 1. The minimum atomic E-state index is -4.63. The maximum absolute atomic E-state index is 13.3. The Labute approximate surface area is 342 Å². The number of ether oxygens (including phenoxy) is 1. The van der Waals surface area contributed by atoms with Crippen molar-refractivity contribution in [3.63, 3.8) is 0 Å². The summed E-state index contributed by atoms with van der Waals surface area (Å²) < 4.78 is 125. The van der Waals surface area contributed by atoms with Crippen molar-refractivity contribution in [2.45, 2.75) is 57.5 Å². The second-order valence-electron chi connectivity index (χ2n) is 14.3. The molecule has 1 aromatic carbocycles. The van der Waals surface area contributed by atoms with Gasteiger partial charge in [-0.3, -0.25) is 4.98 Å². The van der Waals surface area contributed by atoms with Crippen LogP contribution in [0, 0.1) is 5.92 Å². The van der Waals surface area contributed by atoms with Crippen LogP contribution in [0.5, 0.6) is 0 Å². The number of piperidine rings is 1. The molecule has 322 valence electrons. The Kier molecular flexibility index (Phi) is 12.6. The molecule has 21 heteroatoms. The molecule has 5 aromatic heterocycles. The Morgan fingerprint density at radius 2 is 1.20 bits per heavy atom. The normalized spacial score (nSPS) is 17.5. The van der Waals surface area contributed by atoms with E-state index in [0.29, 0.717) is 60.8 Å². The predicted octanol–water partition coefficient (Wildman–Crippen LogP) is 8.71. The molecule has 2 atom stereocenters. The molecule has 8 rings (SSSR count). The number of rotatable bonds is 8. The first-order valence-electron chi connectivity index (χ1n) is 19.1. The fraction of sp³-hybridized carbons (Fsp3) is 0.375. The highest BCUT2D eigenvalue weighted by atomic mass is 19.4. The molecule has 2 aliphatic rings. The molecule has 61 heavy (non-hydrogen) atoms. The highest BCUT2D eigenvalue weighted by Gasteiger charge is 2.42. The number of anilines is 4. The van der Waals surface area contributed by atoms with Crippen LogP contribution in [0.2, 0.25) is 0 Å². The smallest absolute Gasteiger partial charge is 0.375 e. The standard InChI is InChI=1S/C20H18F6N6.C20H20F3N5O/c21-19(22,23)13-5-3-9-32(11-13)18-30-16-14(6-2-8-28-16)17(31-18)29-10-12-4-1-7-27-15(12)20(24,25)26;1-13-12-28(9-10-29-13)19-26-17-15(6-4-8-24-17)18(27-19)25-11-14-5-2-3-7-16(14)20(21,22)23/h1-2,4,6-8,13H,3,5,9-11H2,(H,28,29,30,31);2-8,13H,9-12H2,1H3,(H,24,25,26,27). The van der Waals surface area contributed by atoms with E-state index >= 15 is 0 Å². The van der Waals surface area contributed by atoms with E-state index in [2.05, 4.69) is 45.5 Å². The van der Waals surface area contributed by atoms with Gasteiger partial charge in [0.05, 0.1) is 35.0 Å². The third-order valence-corrected chi connectivity index (χ3v) is 9.99. The number of hydrogen-bond donors (Lipinski definition) is 2. The van der Waals surface area contributed by atoms with Crippen molar-refractivity contribution < 1.29 is 44.3 Å². The molecule has 0 amide bonds.